The van der Waals surface area contributed by atoms with E-state index in [0.29, 0.717) is 53.5 Å². The van der Waals surface area contributed by atoms with Crippen LogP contribution in [0, 0.1) is 0 Å². The standard InChI is InChI=1S/C22H22ClN3O3S/c1-15-20(16-7-3-2-4-8-16)30(28,29)25-21(15)26-13-11-17(12-14-26)24-22(27)18-9-5-6-10-19(18)23/h2-10,17H,11-14H2,1H3,(H,24,27). The van der Waals surface area contributed by atoms with E-state index in [2.05, 4.69) is 9.71 Å². The predicted octanol–water partition coefficient (Wildman–Crippen LogP) is 3.71. The van der Waals surface area contributed by atoms with Gasteiger partial charge in [0.1, 0.15) is 10.7 Å². The zero-order chi connectivity index (χ0) is 21.3. The third-order valence-corrected chi connectivity index (χ3v) is 7.23. The van der Waals surface area contributed by atoms with E-state index in [1.807, 2.05) is 23.1 Å². The van der Waals surface area contributed by atoms with Crippen molar-refractivity contribution in [3.05, 3.63) is 76.3 Å². The molecule has 2 aromatic carbocycles. The normalized spacial score (nSPS) is 19.0. The van der Waals surface area contributed by atoms with Crippen molar-refractivity contribution in [1.82, 2.24) is 10.2 Å². The molecule has 1 fully saturated rings. The Bertz CT molecular complexity index is 1140. The molecule has 0 spiro atoms. The van der Waals surface area contributed by atoms with Crippen molar-refractivity contribution in [1.29, 1.82) is 0 Å². The maximum Gasteiger partial charge on any atom is 0.285 e. The van der Waals surface area contributed by atoms with Gasteiger partial charge in [0, 0.05) is 24.7 Å². The lowest BCUT2D eigenvalue weighted by Crippen LogP contribution is -2.46. The Kier molecular flexibility index (Phi) is 5.66. The van der Waals surface area contributed by atoms with Crippen molar-refractivity contribution < 1.29 is 13.2 Å². The highest BCUT2D eigenvalue weighted by Gasteiger charge is 2.35. The van der Waals surface area contributed by atoms with Crippen LogP contribution < -0.4 is 5.32 Å². The molecule has 0 bridgehead atoms. The Hall–Kier alpha value is -2.64. The number of carbonyl (C=O) groups excluding carboxylic acids is 1. The summed E-state index contributed by atoms with van der Waals surface area (Å²) in [6.45, 7) is 3.03. The summed E-state index contributed by atoms with van der Waals surface area (Å²) in [7, 11) is -3.72. The van der Waals surface area contributed by atoms with Crippen LogP contribution in [0.2, 0.25) is 5.02 Å². The van der Waals surface area contributed by atoms with Gasteiger partial charge in [0.2, 0.25) is 0 Å². The highest BCUT2D eigenvalue weighted by Crippen LogP contribution is 2.34. The van der Waals surface area contributed by atoms with E-state index < -0.39 is 10.0 Å². The van der Waals surface area contributed by atoms with E-state index in [1.54, 1.807) is 43.3 Å². The van der Waals surface area contributed by atoms with Crippen LogP contribution in [0.5, 0.6) is 0 Å². The lowest BCUT2D eigenvalue weighted by Gasteiger charge is -2.33. The number of amides is 1. The first-order chi connectivity index (χ1) is 14.4. The molecule has 4 rings (SSSR count). The van der Waals surface area contributed by atoms with Gasteiger partial charge < -0.3 is 10.2 Å². The lowest BCUT2D eigenvalue weighted by molar-refractivity contribution is 0.0922. The Balaban J connectivity index is 1.45. The minimum Gasteiger partial charge on any atom is -0.356 e. The van der Waals surface area contributed by atoms with Crippen molar-refractivity contribution in [2.24, 2.45) is 4.40 Å². The molecule has 30 heavy (non-hydrogen) atoms. The summed E-state index contributed by atoms with van der Waals surface area (Å²) in [4.78, 5) is 14.7. The molecule has 0 aromatic heterocycles. The molecule has 1 N–H and O–H groups in total. The third kappa shape index (κ3) is 4.00. The molecule has 0 unspecified atom stereocenters. The molecule has 6 nitrogen and oxygen atoms in total. The van der Waals surface area contributed by atoms with Gasteiger partial charge in [0.05, 0.1) is 10.6 Å². The van der Waals surface area contributed by atoms with Crippen LogP contribution in [0.1, 0.15) is 35.7 Å². The number of sulfonamides is 1. The molecule has 156 valence electrons. The lowest BCUT2D eigenvalue weighted by atomic mass is 10.0. The fourth-order valence-corrected chi connectivity index (χ4v) is 5.62. The minimum absolute atomic E-state index is 0.00140. The minimum atomic E-state index is -3.72. The molecule has 0 saturated carbocycles. The number of rotatable bonds is 3. The number of nitrogens with one attached hydrogen (secondary N) is 1. The van der Waals surface area contributed by atoms with Crippen molar-refractivity contribution >= 4 is 38.3 Å². The second kappa shape index (κ2) is 8.24. The fraction of sp³-hybridized carbons (Fsp3) is 0.273. The molecule has 2 aliphatic heterocycles. The number of piperidine rings is 1. The van der Waals surface area contributed by atoms with Crippen LogP contribution >= 0.6 is 11.6 Å². The topological polar surface area (TPSA) is 78.8 Å². The largest absolute Gasteiger partial charge is 0.356 e. The average Bonchev–Trinajstić information content (AvgIpc) is 2.98. The molecule has 0 atom stereocenters. The van der Waals surface area contributed by atoms with Crippen molar-refractivity contribution in [3.63, 3.8) is 0 Å². The second-order valence-electron chi connectivity index (χ2n) is 7.42. The highest BCUT2D eigenvalue weighted by molar-refractivity contribution is 8.00. The zero-order valence-corrected chi connectivity index (χ0v) is 18.1. The number of benzene rings is 2. The van der Waals surface area contributed by atoms with Crippen LogP contribution in [-0.2, 0) is 10.0 Å². The van der Waals surface area contributed by atoms with Gasteiger partial charge in [-0.3, -0.25) is 4.79 Å². The van der Waals surface area contributed by atoms with Gasteiger partial charge >= 0.3 is 0 Å². The Morgan fingerprint density at radius 3 is 2.37 bits per heavy atom. The van der Waals surface area contributed by atoms with Crippen LogP contribution in [0.4, 0.5) is 0 Å². The van der Waals surface area contributed by atoms with Crippen molar-refractivity contribution in [2.75, 3.05) is 13.1 Å². The number of amidine groups is 1. The van der Waals surface area contributed by atoms with Gasteiger partial charge in [-0.15, -0.1) is 4.40 Å². The molecule has 1 amide bonds. The average molecular weight is 444 g/mol. The number of hydrogen-bond acceptors (Lipinski definition) is 4. The molecular formula is C22H22ClN3O3S. The number of likely N-dealkylation sites (tertiary alicyclic amines) is 1. The Morgan fingerprint density at radius 2 is 1.70 bits per heavy atom. The SMILES string of the molecule is CC1=C(c2ccccc2)S(=O)(=O)N=C1N1CCC(NC(=O)c2ccccc2Cl)CC1. The van der Waals surface area contributed by atoms with Gasteiger partial charge in [0.25, 0.3) is 15.9 Å². The first-order valence-corrected chi connectivity index (χ1v) is 11.6. The summed E-state index contributed by atoms with van der Waals surface area (Å²) < 4.78 is 29.4. The van der Waals surface area contributed by atoms with E-state index in [0.717, 1.165) is 0 Å². The summed E-state index contributed by atoms with van der Waals surface area (Å²) in [5.74, 6) is 0.312. The van der Waals surface area contributed by atoms with Crippen molar-refractivity contribution in [3.8, 4) is 0 Å². The van der Waals surface area contributed by atoms with Gasteiger partial charge in [-0.1, -0.05) is 54.1 Å². The highest BCUT2D eigenvalue weighted by atomic mass is 35.5. The zero-order valence-electron chi connectivity index (χ0n) is 16.5. The Morgan fingerprint density at radius 1 is 1.07 bits per heavy atom. The quantitative estimate of drug-likeness (QED) is 0.784. The Labute approximate surface area is 181 Å². The fourth-order valence-electron chi connectivity index (χ4n) is 3.92. The van der Waals surface area contributed by atoms with E-state index in [1.165, 1.54) is 0 Å². The molecule has 8 heteroatoms. The van der Waals surface area contributed by atoms with Crippen LogP contribution in [0.3, 0.4) is 0 Å². The monoisotopic (exact) mass is 443 g/mol. The summed E-state index contributed by atoms with van der Waals surface area (Å²) >= 11 is 6.11. The van der Waals surface area contributed by atoms with Crippen LogP contribution in [-0.4, -0.2) is 44.2 Å². The maximum atomic E-state index is 12.7. The third-order valence-electron chi connectivity index (χ3n) is 5.42. The van der Waals surface area contributed by atoms with E-state index in [-0.39, 0.29) is 16.9 Å². The molecule has 0 radical (unpaired) electrons. The molecule has 2 heterocycles. The summed E-state index contributed by atoms with van der Waals surface area (Å²) in [6.07, 6.45) is 1.40. The molecule has 2 aliphatic rings. The smallest absolute Gasteiger partial charge is 0.285 e. The van der Waals surface area contributed by atoms with Crippen molar-refractivity contribution in [2.45, 2.75) is 25.8 Å². The molecule has 0 aliphatic carbocycles. The summed E-state index contributed by atoms with van der Waals surface area (Å²) in [5.41, 5.74) is 1.77. The van der Waals surface area contributed by atoms with E-state index in [4.69, 9.17) is 11.6 Å². The first-order valence-electron chi connectivity index (χ1n) is 9.79. The molecule has 2 aromatic rings. The number of halogens is 1. The van der Waals surface area contributed by atoms with Crippen LogP contribution in [0.25, 0.3) is 4.91 Å². The van der Waals surface area contributed by atoms with Crippen LogP contribution in [0.15, 0.2) is 64.6 Å². The molecular weight excluding hydrogens is 422 g/mol. The van der Waals surface area contributed by atoms with Gasteiger partial charge in [-0.25, -0.2) is 0 Å². The van der Waals surface area contributed by atoms with Gasteiger partial charge in [0.15, 0.2) is 0 Å². The number of carbonyl (C=O) groups is 1. The van der Waals surface area contributed by atoms with Gasteiger partial charge in [-0.2, -0.15) is 8.42 Å². The maximum absolute atomic E-state index is 12.7. The molecule has 1 saturated heterocycles. The van der Waals surface area contributed by atoms with E-state index in [9.17, 15) is 13.2 Å². The van der Waals surface area contributed by atoms with E-state index >= 15 is 0 Å². The summed E-state index contributed by atoms with van der Waals surface area (Å²) in [5, 5.41) is 3.45. The first kappa shape index (κ1) is 20.6. The van der Waals surface area contributed by atoms with Gasteiger partial charge in [-0.05, 0) is 37.5 Å². The number of nitrogens with zero attached hydrogens (tertiary/aromatic N) is 2. The predicted molar refractivity (Wildman–Crippen MR) is 119 cm³/mol. The number of hydrogen-bond donors (Lipinski definition) is 1. The summed E-state index contributed by atoms with van der Waals surface area (Å²) in [6, 6.07) is 16.0. The second-order valence-corrected chi connectivity index (χ2v) is 9.37.